The van der Waals surface area contributed by atoms with Crippen LogP contribution in [0.3, 0.4) is 0 Å². The van der Waals surface area contributed by atoms with E-state index in [-0.39, 0.29) is 5.76 Å². The largest absolute Gasteiger partial charge is 0.508 e. The van der Waals surface area contributed by atoms with Gasteiger partial charge in [0.15, 0.2) is 5.78 Å². The van der Waals surface area contributed by atoms with Crippen LogP contribution < -0.4 is 0 Å². The number of carbonyl (C=O) groups is 1. The predicted molar refractivity (Wildman–Crippen MR) is 107 cm³/mol. The van der Waals surface area contributed by atoms with Gasteiger partial charge in [0, 0.05) is 26.2 Å². The zero-order valence-corrected chi connectivity index (χ0v) is 15.7. The summed E-state index contributed by atoms with van der Waals surface area (Å²) >= 11 is 23.7. The van der Waals surface area contributed by atoms with Gasteiger partial charge in [0.1, 0.15) is 5.76 Å². The Morgan fingerprint density at radius 2 is 1.28 bits per heavy atom. The maximum Gasteiger partial charge on any atom is 0.182 e. The van der Waals surface area contributed by atoms with Gasteiger partial charge < -0.3 is 5.11 Å². The molecule has 2 nitrogen and oxygen atoms in total. The lowest BCUT2D eigenvalue weighted by Crippen LogP contribution is -1.89. The van der Waals surface area contributed by atoms with Crippen molar-refractivity contribution in [1.82, 2.24) is 0 Å². The van der Waals surface area contributed by atoms with Gasteiger partial charge in [0.05, 0.1) is 0 Å². The fourth-order valence-corrected chi connectivity index (χ4v) is 2.81. The molecule has 0 aromatic heterocycles. The molecule has 0 heterocycles. The topological polar surface area (TPSA) is 37.3 Å². The van der Waals surface area contributed by atoms with Crippen molar-refractivity contribution in [2.45, 2.75) is 0 Å². The van der Waals surface area contributed by atoms with Crippen LogP contribution in [-0.4, -0.2) is 10.9 Å². The van der Waals surface area contributed by atoms with Gasteiger partial charge >= 0.3 is 0 Å². The summed E-state index contributed by atoms with van der Waals surface area (Å²) in [7, 11) is 0. The highest BCUT2D eigenvalue weighted by Gasteiger charge is 2.00. The number of allylic oxidation sites excluding steroid dienone is 3. The fraction of sp³-hybridized carbons (Fsp3) is 0. The second kappa shape index (κ2) is 9.12. The third-order valence-corrected chi connectivity index (χ3v) is 4.20. The first-order valence-corrected chi connectivity index (χ1v) is 8.57. The Morgan fingerprint density at radius 3 is 1.76 bits per heavy atom. The van der Waals surface area contributed by atoms with Crippen molar-refractivity contribution in [3.8, 4) is 0 Å². The Hall–Kier alpha value is -1.71. The normalized spacial score (nSPS) is 12.2. The average Bonchev–Trinajstić information content (AvgIpc) is 2.53. The van der Waals surface area contributed by atoms with Crippen LogP contribution in [0, 0.1) is 0 Å². The fourth-order valence-electron chi connectivity index (χ4n) is 1.86. The molecule has 0 aliphatic carbocycles. The molecule has 1 N–H and O–H groups in total. The first-order valence-electron chi connectivity index (χ1n) is 7.06. The molecule has 0 bridgehead atoms. The molecule has 2 aromatic carbocycles. The molecule has 2 rings (SSSR count). The summed E-state index contributed by atoms with van der Waals surface area (Å²) in [5, 5.41) is 11.7. The first-order chi connectivity index (χ1) is 11.8. The van der Waals surface area contributed by atoms with Crippen LogP contribution in [0.2, 0.25) is 20.1 Å². The average molecular weight is 414 g/mol. The second-order valence-corrected chi connectivity index (χ2v) is 6.66. The number of halogens is 4. The van der Waals surface area contributed by atoms with Crippen LogP contribution in [-0.2, 0) is 4.79 Å². The van der Waals surface area contributed by atoms with E-state index in [1.807, 2.05) is 0 Å². The Bertz CT molecular complexity index is 883. The zero-order valence-electron chi connectivity index (χ0n) is 12.7. The maximum atomic E-state index is 11.9. The molecule has 2 aromatic rings. The molecule has 128 valence electrons. The lowest BCUT2D eigenvalue weighted by molar-refractivity contribution is -0.110. The van der Waals surface area contributed by atoms with Crippen LogP contribution in [0.25, 0.3) is 12.2 Å². The first kappa shape index (κ1) is 19.6. The number of ketones is 1. The smallest absolute Gasteiger partial charge is 0.182 e. The second-order valence-electron chi connectivity index (χ2n) is 4.97. The van der Waals surface area contributed by atoms with E-state index in [2.05, 4.69) is 0 Å². The summed E-state index contributed by atoms with van der Waals surface area (Å²) in [5.41, 5.74) is 1.32. The highest BCUT2D eigenvalue weighted by atomic mass is 35.5. The van der Waals surface area contributed by atoms with Crippen LogP contribution >= 0.6 is 46.4 Å². The third kappa shape index (κ3) is 6.26. The van der Waals surface area contributed by atoms with E-state index in [4.69, 9.17) is 46.4 Å². The van der Waals surface area contributed by atoms with Crippen molar-refractivity contribution in [2.24, 2.45) is 0 Å². The molecule has 25 heavy (non-hydrogen) atoms. The van der Waals surface area contributed by atoms with Crippen molar-refractivity contribution >= 4 is 64.3 Å². The van der Waals surface area contributed by atoms with Gasteiger partial charge in [0.25, 0.3) is 0 Å². The molecule has 0 amide bonds. The highest BCUT2D eigenvalue weighted by Crippen LogP contribution is 2.23. The van der Waals surface area contributed by atoms with Crippen molar-refractivity contribution in [1.29, 1.82) is 0 Å². The van der Waals surface area contributed by atoms with Gasteiger partial charge in [-0.2, -0.15) is 0 Å². The van der Waals surface area contributed by atoms with Gasteiger partial charge in [-0.25, -0.2) is 0 Å². The minimum Gasteiger partial charge on any atom is -0.508 e. The van der Waals surface area contributed by atoms with Gasteiger partial charge in [-0.15, -0.1) is 0 Å². The summed E-state index contributed by atoms with van der Waals surface area (Å²) < 4.78 is 0. The standard InChI is InChI=1S/C19H12Cl4O2/c20-14-5-1-12(18(22)9-14)3-7-16(24)11-17(25)8-4-13-2-6-15(21)10-19(13)23/h1-11,24H/b7-3+,8-4+,16-11-. The van der Waals surface area contributed by atoms with E-state index in [0.717, 1.165) is 6.08 Å². The summed E-state index contributed by atoms with van der Waals surface area (Å²) in [4.78, 5) is 11.9. The number of benzene rings is 2. The van der Waals surface area contributed by atoms with Crippen molar-refractivity contribution in [3.63, 3.8) is 0 Å². The lowest BCUT2D eigenvalue weighted by atomic mass is 10.1. The van der Waals surface area contributed by atoms with Gasteiger partial charge in [-0.1, -0.05) is 58.5 Å². The summed E-state index contributed by atoms with van der Waals surface area (Å²) in [6.45, 7) is 0. The Kier molecular flexibility index (Phi) is 7.15. The van der Waals surface area contributed by atoms with Crippen molar-refractivity contribution in [2.75, 3.05) is 0 Å². The molecule has 0 fully saturated rings. The van der Waals surface area contributed by atoms with Gasteiger partial charge in [0.2, 0.25) is 0 Å². The Labute approximate surface area is 165 Å². The molecule has 6 heteroatoms. The van der Waals surface area contributed by atoms with Crippen molar-refractivity contribution in [3.05, 3.63) is 91.6 Å². The molecule has 0 aliphatic rings. The molecular formula is C19H12Cl4O2. The number of aliphatic hydroxyl groups is 1. The van der Waals surface area contributed by atoms with E-state index in [9.17, 15) is 9.90 Å². The molecule has 0 spiro atoms. The SMILES string of the molecule is O=C(/C=C(O)/C=C/c1ccc(Cl)cc1Cl)/C=C/c1ccc(Cl)cc1Cl. The summed E-state index contributed by atoms with van der Waals surface area (Å²) in [6.07, 6.45) is 6.88. The summed E-state index contributed by atoms with van der Waals surface area (Å²) in [6, 6.07) is 9.92. The van der Waals surface area contributed by atoms with E-state index >= 15 is 0 Å². The molecule has 0 aliphatic heterocycles. The minimum absolute atomic E-state index is 0.206. The van der Waals surface area contributed by atoms with Crippen LogP contribution in [0.5, 0.6) is 0 Å². The minimum atomic E-state index is -0.393. The molecule has 0 unspecified atom stereocenters. The molecular weight excluding hydrogens is 402 g/mol. The Morgan fingerprint density at radius 1 is 0.800 bits per heavy atom. The van der Waals surface area contributed by atoms with Gasteiger partial charge in [-0.05, 0) is 59.7 Å². The zero-order chi connectivity index (χ0) is 18.4. The van der Waals surface area contributed by atoms with Crippen LogP contribution in [0.4, 0.5) is 0 Å². The number of rotatable bonds is 5. The third-order valence-electron chi connectivity index (χ3n) is 3.08. The van der Waals surface area contributed by atoms with Crippen LogP contribution in [0.15, 0.2) is 60.4 Å². The van der Waals surface area contributed by atoms with Crippen LogP contribution in [0.1, 0.15) is 11.1 Å². The molecule has 0 saturated heterocycles. The van der Waals surface area contributed by atoms with Crippen molar-refractivity contribution < 1.29 is 9.90 Å². The number of carbonyl (C=O) groups excluding carboxylic acids is 1. The molecule has 0 radical (unpaired) electrons. The number of hydrogen-bond acceptors (Lipinski definition) is 2. The Balaban J connectivity index is 2.06. The van der Waals surface area contributed by atoms with E-state index in [1.165, 1.54) is 12.2 Å². The molecule has 0 saturated carbocycles. The lowest BCUT2D eigenvalue weighted by Gasteiger charge is -1.99. The molecule has 0 atom stereocenters. The predicted octanol–water partition coefficient (Wildman–Crippen LogP) is 7.04. The maximum absolute atomic E-state index is 11.9. The van der Waals surface area contributed by atoms with Gasteiger partial charge in [-0.3, -0.25) is 4.79 Å². The van der Waals surface area contributed by atoms with E-state index < -0.39 is 5.78 Å². The summed E-state index contributed by atoms with van der Waals surface area (Å²) in [5.74, 6) is -0.599. The van der Waals surface area contributed by atoms with E-state index in [0.29, 0.717) is 31.2 Å². The number of hydrogen-bond donors (Lipinski definition) is 1. The van der Waals surface area contributed by atoms with E-state index in [1.54, 1.807) is 48.6 Å². The monoisotopic (exact) mass is 412 g/mol. The number of aliphatic hydroxyl groups excluding tert-OH is 1. The quantitative estimate of drug-likeness (QED) is 0.324. The highest BCUT2D eigenvalue weighted by molar-refractivity contribution is 6.36.